The maximum Gasteiger partial charge on any atom is 0.226 e. The number of carbonyl (C=O) groups excluding carboxylic acids is 1. The highest BCUT2D eigenvalue weighted by molar-refractivity contribution is 5.87. The number of aromatic nitrogens is 4. The van der Waals surface area contributed by atoms with E-state index in [1.807, 2.05) is 11.8 Å². The summed E-state index contributed by atoms with van der Waals surface area (Å²) in [5, 5.41) is 11.0. The molecule has 1 aliphatic heterocycles. The summed E-state index contributed by atoms with van der Waals surface area (Å²) < 4.78 is 0. The topological polar surface area (TPSA) is 90.0 Å². The lowest BCUT2D eigenvalue weighted by atomic mass is 10.3. The molecule has 21 heavy (non-hydrogen) atoms. The van der Waals surface area contributed by atoms with Gasteiger partial charge >= 0.3 is 0 Å². The van der Waals surface area contributed by atoms with Gasteiger partial charge in [-0.1, -0.05) is 0 Å². The van der Waals surface area contributed by atoms with E-state index in [0.29, 0.717) is 5.95 Å². The van der Waals surface area contributed by atoms with Crippen LogP contribution in [-0.2, 0) is 4.79 Å². The van der Waals surface area contributed by atoms with Crippen molar-refractivity contribution in [2.45, 2.75) is 13.8 Å². The Labute approximate surface area is 122 Å². The molecule has 112 valence electrons. The molecular formula is C13H19N7O. The first kappa shape index (κ1) is 13.6. The predicted octanol–water partition coefficient (Wildman–Crippen LogP) is 0.453. The van der Waals surface area contributed by atoms with Crippen molar-refractivity contribution >= 4 is 28.7 Å². The molecule has 2 aromatic rings. The van der Waals surface area contributed by atoms with Crippen LogP contribution in [0, 0.1) is 0 Å². The molecule has 3 rings (SSSR count). The molecule has 3 heterocycles. The van der Waals surface area contributed by atoms with E-state index in [0.717, 1.165) is 49.6 Å². The largest absolute Gasteiger partial charge is 0.354 e. The Balaban J connectivity index is 1.89. The highest BCUT2D eigenvalue weighted by Gasteiger charge is 2.22. The minimum atomic E-state index is 0.124. The van der Waals surface area contributed by atoms with Gasteiger partial charge in [0.25, 0.3) is 0 Å². The minimum Gasteiger partial charge on any atom is -0.354 e. The number of aromatic amines is 1. The number of hydrogen-bond acceptors (Lipinski definition) is 6. The fourth-order valence-electron chi connectivity index (χ4n) is 2.53. The van der Waals surface area contributed by atoms with Gasteiger partial charge in [-0.15, -0.1) is 0 Å². The van der Waals surface area contributed by atoms with Gasteiger partial charge < -0.3 is 15.1 Å². The number of nitrogens with zero attached hydrogens (tertiary/aromatic N) is 5. The monoisotopic (exact) mass is 289 g/mol. The zero-order valence-corrected chi connectivity index (χ0v) is 12.3. The first-order valence-corrected chi connectivity index (χ1v) is 7.14. The molecule has 8 heteroatoms. The molecule has 1 saturated heterocycles. The Hall–Kier alpha value is -2.38. The standard InChI is InChI=1S/C13H19N7O/c1-3-14-13-16-11-10(8-15-18-11)12(17-13)20-6-4-19(5-7-20)9(2)21/h8H,3-7H2,1-2H3,(H2,14,15,16,17,18). The van der Waals surface area contributed by atoms with E-state index in [-0.39, 0.29) is 5.91 Å². The smallest absolute Gasteiger partial charge is 0.226 e. The molecule has 0 spiro atoms. The van der Waals surface area contributed by atoms with E-state index >= 15 is 0 Å². The van der Waals surface area contributed by atoms with Crippen LogP contribution < -0.4 is 10.2 Å². The van der Waals surface area contributed by atoms with E-state index < -0.39 is 0 Å². The van der Waals surface area contributed by atoms with Crippen LogP contribution in [-0.4, -0.2) is 63.7 Å². The van der Waals surface area contributed by atoms with Crippen LogP contribution >= 0.6 is 0 Å². The highest BCUT2D eigenvalue weighted by Crippen LogP contribution is 2.24. The van der Waals surface area contributed by atoms with Gasteiger partial charge in [0, 0.05) is 39.6 Å². The maximum absolute atomic E-state index is 11.4. The Morgan fingerprint density at radius 3 is 2.76 bits per heavy atom. The molecule has 0 bridgehead atoms. The average Bonchev–Trinajstić information content (AvgIpc) is 2.95. The van der Waals surface area contributed by atoms with Crippen LogP contribution in [0.25, 0.3) is 11.0 Å². The lowest BCUT2D eigenvalue weighted by Crippen LogP contribution is -2.48. The van der Waals surface area contributed by atoms with Crippen molar-refractivity contribution in [3.63, 3.8) is 0 Å². The highest BCUT2D eigenvalue weighted by atomic mass is 16.2. The number of rotatable bonds is 3. The molecule has 2 aromatic heterocycles. The summed E-state index contributed by atoms with van der Waals surface area (Å²) in [5.41, 5.74) is 0.727. The van der Waals surface area contributed by atoms with Gasteiger partial charge in [-0.05, 0) is 6.92 Å². The third-order valence-corrected chi connectivity index (χ3v) is 3.65. The van der Waals surface area contributed by atoms with E-state index in [9.17, 15) is 4.79 Å². The van der Waals surface area contributed by atoms with Crippen LogP contribution in [0.5, 0.6) is 0 Å². The fraction of sp³-hybridized carbons (Fsp3) is 0.538. The second kappa shape index (κ2) is 5.55. The summed E-state index contributed by atoms with van der Waals surface area (Å²) in [6, 6.07) is 0. The molecule has 1 fully saturated rings. The number of carbonyl (C=O) groups is 1. The summed E-state index contributed by atoms with van der Waals surface area (Å²) in [4.78, 5) is 24.4. The zero-order valence-electron chi connectivity index (χ0n) is 12.3. The van der Waals surface area contributed by atoms with E-state index in [4.69, 9.17) is 0 Å². The summed E-state index contributed by atoms with van der Waals surface area (Å²) in [6.45, 7) is 7.34. The number of fused-ring (bicyclic) bond motifs is 1. The second-order valence-corrected chi connectivity index (χ2v) is 5.03. The Bertz CT molecular complexity index is 645. The molecule has 0 aromatic carbocycles. The number of hydrogen-bond donors (Lipinski definition) is 2. The number of anilines is 2. The molecule has 0 radical (unpaired) electrons. The molecule has 0 unspecified atom stereocenters. The molecule has 1 aliphatic rings. The number of piperazine rings is 1. The van der Waals surface area contributed by atoms with Crippen molar-refractivity contribution in [3.8, 4) is 0 Å². The lowest BCUT2D eigenvalue weighted by Gasteiger charge is -2.35. The summed E-state index contributed by atoms with van der Waals surface area (Å²) >= 11 is 0. The van der Waals surface area contributed by atoms with Crippen LogP contribution in [0.3, 0.4) is 0 Å². The van der Waals surface area contributed by atoms with E-state index in [2.05, 4.69) is 30.4 Å². The molecule has 0 atom stereocenters. The van der Waals surface area contributed by atoms with Crippen molar-refractivity contribution in [1.29, 1.82) is 0 Å². The summed E-state index contributed by atoms with van der Waals surface area (Å²) in [7, 11) is 0. The normalized spacial score (nSPS) is 15.5. The van der Waals surface area contributed by atoms with Crippen molar-refractivity contribution in [2.24, 2.45) is 0 Å². The maximum atomic E-state index is 11.4. The van der Waals surface area contributed by atoms with E-state index in [1.165, 1.54) is 0 Å². The first-order chi connectivity index (χ1) is 10.2. The summed E-state index contributed by atoms with van der Waals surface area (Å²) in [6.07, 6.45) is 1.75. The van der Waals surface area contributed by atoms with Gasteiger partial charge in [0.15, 0.2) is 5.65 Å². The van der Waals surface area contributed by atoms with Gasteiger partial charge in [-0.3, -0.25) is 9.89 Å². The first-order valence-electron chi connectivity index (χ1n) is 7.14. The molecular weight excluding hydrogens is 270 g/mol. The third-order valence-electron chi connectivity index (χ3n) is 3.65. The zero-order chi connectivity index (χ0) is 14.8. The predicted molar refractivity (Wildman–Crippen MR) is 80.3 cm³/mol. The van der Waals surface area contributed by atoms with Crippen molar-refractivity contribution < 1.29 is 4.79 Å². The Kier molecular flexibility index (Phi) is 3.59. The van der Waals surface area contributed by atoms with Crippen molar-refractivity contribution in [3.05, 3.63) is 6.20 Å². The van der Waals surface area contributed by atoms with Crippen molar-refractivity contribution in [1.82, 2.24) is 25.1 Å². The number of H-pyrrole nitrogens is 1. The van der Waals surface area contributed by atoms with Gasteiger partial charge in [-0.2, -0.15) is 15.1 Å². The molecule has 8 nitrogen and oxygen atoms in total. The molecule has 0 saturated carbocycles. The average molecular weight is 289 g/mol. The molecule has 2 N–H and O–H groups in total. The number of amides is 1. The lowest BCUT2D eigenvalue weighted by molar-refractivity contribution is -0.129. The van der Waals surface area contributed by atoms with Crippen LogP contribution in [0.2, 0.25) is 0 Å². The van der Waals surface area contributed by atoms with Crippen molar-refractivity contribution in [2.75, 3.05) is 42.9 Å². The van der Waals surface area contributed by atoms with Gasteiger partial charge in [0.1, 0.15) is 5.82 Å². The molecule has 0 aliphatic carbocycles. The third kappa shape index (κ3) is 2.61. The van der Waals surface area contributed by atoms with Gasteiger partial charge in [0.2, 0.25) is 11.9 Å². The van der Waals surface area contributed by atoms with Gasteiger partial charge in [0.05, 0.1) is 11.6 Å². The number of nitrogens with one attached hydrogen (secondary N) is 2. The van der Waals surface area contributed by atoms with Crippen LogP contribution in [0.4, 0.5) is 11.8 Å². The van der Waals surface area contributed by atoms with Crippen LogP contribution in [0.15, 0.2) is 6.20 Å². The molecule has 1 amide bonds. The minimum absolute atomic E-state index is 0.124. The fourth-order valence-corrected chi connectivity index (χ4v) is 2.53. The Morgan fingerprint density at radius 2 is 2.10 bits per heavy atom. The quantitative estimate of drug-likeness (QED) is 0.853. The van der Waals surface area contributed by atoms with Crippen LogP contribution in [0.1, 0.15) is 13.8 Å². The second-order valence-electron chi connectivity index (χ2n) is 5.03. The SMILES string of the molecule is CCNc1nc(N2CCN(C(C)=O)CC2)c2cn[nH]c2n1. The van der Waals surface area contributed by atoms with Gasteiger partial charge in [-0.25, -0.2) is 0 Å². The summed E-state index contributed by atoms with van der Waals surface area (Å²) in [5.74, 6) is 1.59. The van der Waals surface area contributed by atoms with E-state index in [1.54, 1.807) is 13.1 Å². The Morgan fingerprint density at radius 1 is 1.33 bits per heavy atom.